The topological polar surface area (TPSA) is 59.8 Å². The summed E-state index contributed by atoms with van der Waals surface area (Å²) >= 11 is 3.45. The Bertz CT molecular complexity index is 1450. The van der Waals surface area contributed by atoms with Gasteiger partial charge in [-0.3, -0.25) is 9.59 Å². The second-order valence-electron chi connectivity index (χ2n) is 9.43. The van der Waals surface area contributed by atoms with Gasteiger partial charge in [0.15, 0.2) is 5.43 Å². The van der Waals surface area contributed by atoms with E-state index in [2.05, 4.69) is 22.9 Å². The van der Waals surface area contributed by atoms with E-state index in [-0.39, 0.29) is 17.1 Å². The van der Waals surface area contributed by atoms with Crippen LogP contribution in [-0.4, -0.2) is 24.0 Å². The van der Waals surface area contributed by atoms with Crippen molar-refractivity contribution >= 4 is 32.8 Å². The standard InChI is InChI=1S/C31H30BrNO4/c1-2-3-4-8-19-36-24-14-11-22(12-15-24)28-27-29(34)25-20-23(32)13-16-26(25)37-30(27)31(35)33(28)18-17-21-9-6-5-7-10-21/h5-7,9-16,20,28H,2-4,8,17-19H2,1H3. The van der Waals surface area contributed by atoms with Gasteiger partial charge in [0, 0.05) is 11.0 Å². The molecule has 4 aromatic rings. The fourth-order valence-corrected chi connectivity index (χ4v) is 5.29. The molecule has 0 bridgehead atoms. The van der Waals surface area contributed by atoms with Crippen LogP contribution in [0, 0.1) is 0 Å². The van der Waals surface area contributed by atoms with E-state index in [1.807, 2.05) is 60.7 Å². The molecule has 0 spiro atoms. The van der Waals surface area contributed by atoms with Crippen LogP contribution in [-0.2, 0) is 6.42 Å². The molecule has 1 aliphatic heterocycles. The summed E-state index contributed by atoms with van der Waals surface area (Å²) in [6.45, 7) is 3.33. The van der Waals surface area contributed by atoms with Crippen molar-refractivity contribution in [3.8, 4) is 5.75 Å². The lowest BCUT2D eigenvalue weighted by atomic mass is 9.98. The quantitative estimate of drug-likeness (QED) is 0.191. The van der Waals surface area contributed by atoms with E-state index in [1.165, 1.54) is 12.8 Å². The summed E-state index contributed by atoms with van der Waals surface area (Å²) in [7, 11) is 0. The molecule has 0 fully saturated rings. The highest BCUT2D eigenvalue weighted by atomic mass is 79.9. The number of carbonyl (C=O) groups excluding carboxylic acids is 1. The molecule has 5 rings (SSSR count). The van der Waals surface area contributed by atoms with Crippen LogP contribution in [0.15, 0.2) is 86.5 Å². The van der Waals surface area contributed by atoms with Crippen LogP contribution in [0.4, 0.5) is 0 Å². The molecule has 2 heterocycles. The Hall–Kier alpha value is -3.38. The van der Waals surface area contributed by atoms with E-state index in [1.54, 1.807) is 17.0 Å². The summed E-state index contributed by atoms with van der Waals surface area (Å²) in [5.41, 5.74) is 2.63. The van der Waals surface area contributed by atoms with Gasteiger partial charge in [0.1, 0.15) is 11.3 Å². The normalized spacial score (nSPS) is 14.8. The number of hydrogen-bond donors (Lipinski definition) is 0. The van der Waals surface area contributed by atoms with Crippen molar-refractivity contribution in [3.05, 3.63) is 110 Å². The van der Waals surface area contributed by atoms with Gasteiger partial charge in [-0.1, -0.05) is 84.6 Å². The fraction of sp³-hybridized carbons (Fsp3) is 0.290. The lowest BCUT2D eigenvalue weighted by molar-refractivity contribution is 0.0730. The third kappa shape index (κ3) is 5.35. The number of ether oxygens (including phenoxy) is 1. The van der Waals surface area contributed by atoms with E-state index >= 15 is 0 Å². The first-order chi connectivity index (χ1) is 18.1. The minimum absolute atomic E-state index is 0.133. The van der Waals surface area contributed by atoms with Gasteiger partial charge in [-0.2, -0.15) is 0 Å². The maximum absolute atomic E-state index is 13.7. The summed E-state index contributed by atoms with van der Waals surface area (Å²) in [6, 6.07) is 22.6. The summed E-state index contributed by atoms with van der Waals surface area (Å²) in [5, 5.41) is 0.461. The molecule has 1 atom stereocenters. The highest BCUT2D eigenvalue weighted by molar-refractivity contribution is 9.10. The minimum atomic E-state index is -0.524. The molecule has 1 unspecified atom stereocenters. The molecule has 1 aromatic heterocycles. The molecule has 0 saturated heterocycles. The van der Waals surface area contributed by atoms with E-state index in [4.69, 9.17) is 9.15 Å². The predicted molar refractivity (Wildman–Crippen MR) is 149 cm³/mol. The molecule has 0 saturated carbocycles. The molecule has 190 valence electrons. The van der Waals surface area contributed by atoms with Crippen LogP contribution >= 0.6 is 15.9 Å². The van der Waals surface area contributed by atoms with Gasteiger partial charge in [-0.25, -0.2) is 0 Å². The van der Waals surface area contributed by atoms with Crippen molar-refractivity contribution in [2.45, 2.75) is 45.1 Å². The first-order valence-electron chi connectivity index (χ1n) is 12.9. The van der Waals surface area contributed by atoms with Crippen molar-refractivity contribution in [1.29, 1.82) is 0 Å². The highest BCUT2D eigenvalue weighted by Gasteiger charge is 2.42. The molecule has 1 aliphatic rings. The average Bonchev–Trinajstić information content (AvgIpc) is 3.20. The van der Waals surface area contributed by atoms with Crippen molar-refractivity contribution in [2.24, 2.45) is 0 Å². The SMILES string of the molecule is CCCCCCOc1ccc(C2c3c(oc4ccc(Br)cc4c3=O)C(=O)N2CCc2ccccc2)cc1. The van der Waals surface area contributed by atoms with E-state index in [9.17, 15) is 9.59 Å². The van der Waals surface area contributed by atoms with Gasteiger partial charge in [-0.15, -0.1) is 0 Å². The smallest absolute Gasteiger partial charge is 0.290 e. The molecule has 6 heteroatoms. The van der Waals surface area contributed by atoms with Crippen LogP contribution in [0.1, 0.15) is 65.9 Å². The Balaban J connectivity index is 1.49. The minimum Gasteiger partial charge on any atom is -0.494 e. The summed E-state index contributed by atoms with van der Waals surface area (Å²) in [4.78, 5) is 29.1. The number of fused-ring (bicyclic) bond motifs is 2. The van der Waals surface area contributed by atoms with Gasteiger partial charge in [-0.05, 0) is 54.3 Å². The van der Waals surface area contributed by atoms with Crippen molar-refractivity contribution in [3.63, 3.8) is 0 Å². The van der Waals surface area contributed by atoms with Gasteiger partial charge in [0.2, 0.25) is 5.76 Å². The molecular weight excluding hydrogens is 530 g/mol. The third-order valence-corrected chi connectivity index (χ3v) is 7.37. The molecular formula is C31H30BrNO4. The zero-order valence-corrected chi connectivity index (χ0v) is 22.5. The van der Waals surface area contributed by atoms with Crippen molar-refractivity contribution in [2.75, 3.05) is 13.2 Å². The molecule has 37 heavy (non-hydrogen) atoms. The number of hydrogen-bond acceptors (Lipinski definition) is 4. The molecule has 1 amide bonds. The van der Waals surface area contributed by atoms with Crippen molar-refractivity contribution in [1.82, 2.24) is 4.90 Å². The van der Waals surface area contributed by atoms with Crippen LogP contribution in [0.5, 0.6) is 5.75 Å². The predicted octanol–water partition coefficient (Wildman–Crippen LogP) is 7.30. The Morgan fingerprint density at radius 3 is 2.49 bits per heavy atom. The largest absolute Gasteiger partial charge is 0.494 e. The lowest BCUT2D eigenvalue weighted by Gasteiger charge is -2.25. The van der Waals surface area contributed by atoms with Crippen molar-refractivity contribution < 1.29 is 13.9 Å². The highest BCUT2D eigenvalue weighted by Crippen LogP contribution is 2.39. The average molecular weight is 560 g/mol. The number of amides is 1. The van der Waals surface area contributed by atoms with Crippen LogP contribution in [0.3, 0.4) is 0 Å². The summed E-state index contributed by atoms with van der Waals surface area (Å²) in [6.07, 6.45) is 5.26. The molecule has 3 aromatic carbocycles. The Morgan fingerprint density at radius 2 is 1.73 bits per heavy atom. The zero-order valence-electron chi connectivity index (χ0n) is 20.9. The van der Waals surface area contributed by atoms with Gasteiger partial charge in [0.25, 0.3) is 5.91 Å². The Morgan fingerprint density at radius 1 is 0.946 bits per heavy atom. The Labute approximate surface area is 225 Å². The number of rotatable bonds is 10. The van der Waals surface area contributed by atoms with E-state index < -0.39 is 6.04 Å². The molecule has 0 N–H and O–H groups in total. The number of carbonyl (C=O) groups is 1. The zero-order chi connectivity index (χ0) is 25.8. The third-order valence-electron chi connectivity index (χ3n) is 6.87. The summed E-state index contributed by atoms with van der Waals surface area (Å²) < 4.78 is 12.8. The van der Waals surface area contributed by atoms with Crippen LogP contribution < -0.4 is 10.2 Å². The number of nitrogens with zero attached hydrogens (tertiary/aromatic N) is 1. The first kappa shape index (κ1) is 25.3. The van der Waals surface area contributed by atoms with Crippen LogP contribution in [0.2, 0.25) is 0 Å². The molecule has 5 nitrogen and oxygen atoms in total. The van der Waals surface area contributed by atoms with Gasteiger partial charge >= 0.3 is 0 Å². The van der Waals surface area contributed by atoms with E-state index in [0.717, 1.165) is 34.2 Å². The number of halogens is 1. The monoisotopic (exact) mass is 559 g/mol. The van der Waals surface area contributed by atoms with Crippen LogP contribution in [0.25, 0.3) is 11.0 Å². The second kappa shape index (κ2) is 11.3. The molecule has 0 aliphatic carbocycles. The van der Waals surface area contributed by atoms with Gasteiger partial charge in [0.05, 0.1) is 23.6 Å². The van der Waals surface area contributed by atoms with Gasteiger partial charge < -0.3 is 14.1 Å². The maximum Gasteiger partial charge on any atom is 0.290 e. The second-order valence-corrected chi connectivity index (χ2v) is 10.3. The Kier molecular flexibility index (Phi) is 7.75. The van der Waals surface area contributed by atoms with E-state index in [0.29, 0.717) is 36.1 Å². The summed E-state index contributed by atoms with van der Waals surface area (Å²) in [5.74, 6) is 0.665. The number of benzene rings is 3. The maximum atomic E-state index is 13.7. The lowest BCUT2D eigenvalue weighted by Crippen LogP contribution is -2.31. The molecule has 0 radical (unpaired) electrons. The first-order valence-corrected chi connectivity index (χ1v) is 13.7. The number of unbranched alkanes of at least 4 members (excludes halogenated alkanes) is 3. The fourth-order valence-electron chi connectivity index (χ4n) is 4.93.